The Bertz CT molecular complexity index is 1150. The van der Waals surface area contributed by atoms with Crippen LogP contribution in [0.15, 0.2) is 72.3 Å². The van der Waals surface area contributed by atoms with E-state index in [-0.39, 0.29) is 18.0 Å². The maximum Gasteiger partial charge on any atom is 0.266 e. The van der Waals surface area contributed by atoms with Gasteiger partial charge in [-0.15, -0.1) is 0 Å². The molecular weight excluding hydrogens is 403 g/mol. The molecule has 0 saturated heterocycles. The molecule has 0 aliphatic heterocycles. The van der Waals surface area contributed by atoms with Crippen molar-refractivity contribution in [1.82, 2.24) is 0 Å². The number of nitrogens with zero attached hydrogens (tertiary/aromatic N) is 1. The van der Waals surface area contributed by atoms with Crippen molar-refractivity contribution in [1.29, 1.82) is 5.26 Å². The second-order valence-electron chi connectivity index (χ2n) is 6.54. The molecule has 3 rings (SSSR count). The molecule has 3 aromatic rings. The molecule has 150 valence electrons. The van der Waals surface area contributed by atoms with Crippen LogP contribution in [-0.4, -0.2) is 5.91 Å². The first-order valence-electron chi connectivity index (χ1n) is 9.12. The molecule has 0 atom stereocenters. The van der Waals surface area contributed by atoms with Crippen molar-refractivity contribution in [3.05, 3.63) is 99.8 Å². The largest absolute Gasteiger partial charge is 0.488 e. The number of hydrogen-bond acceptors (Lipinski definition) is 3. The molecule has 0 spiro atoms. The Morgan fingerprint density at radius 3 is 2.73 bits per heavy atom. The zero-order chi connectivity index (χ0) is 21.5. The van der Waals surface area contributed by atoms with Crippen molar-refractivity contribution in [2.24, 2.45) is 0 Å². The molecule has 0 bridgehead atoms. The first-order chi connectivity index (χ1) is 14.5. The molecule has 4 nitrogen and oxygen atoms in total. The van der Waals surface area contributed by atoms with Crippen LogP contribution in [0.5, 0.6) is 5.75 Å². The lowest BCUT2D eigenvalue weighted by atomic mass is 10.1. The first kappa shape index (κ1) is 21.1. The number of carbonyl (C=O) groups is 1. The number of nitrogens with one attached hydrogen (secondary N) is 1. The predicted molar refractivity (Wildman–Crippen MR) is 116 cm³/mol. The van der Waals surface area contributed by atoms with E-state index >= 15 is 0 Å². The van der Waals surface area contributed by atoms with Crippen molar-refractivity contribution in [2.45, 2.75) is 13.5 Å². The Balaban J connectivity index is 1.81. The van der Waals surface area contributed by atoms with E-state index < -0.39 is 5.91 Å². The summed E-state index contributed by atoms with van der Waals surface area (Å²) < 4.78 is 19.1. The summed E-state index contributed by atoms with van der Waals surface area (Å²) in [5.74, 6) is -0.423. The van der Waals surface area contributed by atoms with Gasteiger partial charge in [0.05, 0.1) is 0 Å². The summed E-state index contributed by atoms with van der Waals surface area (Å²) >= 11 is 5.99. The molecule has 0 aliphatic carbocycles. The SMILES string of the molecule is Cc1ccc(Cl)cc1NC(=O)/C(C#N)=C/c1ccccc1OCc1cccc(F)c1. The highest BCUT2D eigenvalue weighted by atomic mass is 35.5. The standard InChI is InChI=1S/C24H18ClFN2O2/c1-16-9-10-20(25)13-22(16)28-24(29)19(14-27)12-18-6-2-3-8-23(18)30-15-17-5-4-7-21(26)11-17/h2-13H,15H2,1H3,(H,28,29)/b19-12+. The zero-order valence-corrected chi connectivity index (χ0v) is 16.9. The van der Waals surface area contributed by atoms with E-state index in [1.165, 1.54) is 18.2 Å². The summed E-state index contributed by atoms with van der Waals surface area (Å²) in [6.45, 7) is 1.98. The predicted octanol–water partition coefficient (Wildman–Crippen LogP) is 5.91. The van der Waals surface area contributed by atoms with Gasteiger partial charge in [-0.1, -0.05) is 48.0 Å². The fraction of sp³-hybridized carbons (Fsp3) is 0.0833. The topological polar surface area (TPSA) is 62.1 Å². The third kappa shape index (κ3) is 5.47. The van der Waals surface area contributed by atoms with Gasteiger partial charge in [-0.05, 0) is 54.5 Å². The zero-order valence-electron chi connectivity index (χ0n) is 16.2. The minimum absolute atomic E-state index is 0.0869. The smallest absolute Gasteiger partial charge is 0.266 e. The first-order valence-corrected chi connectivity index (χ1v) is 9.49. The normalized spacial score (nSPS) is 10.9. The van der Waals surface area contributed by atoms with Crippen molar-refractivity contribution >= 4 is 29.3 Å². The lowest BCUT2D eigenvalue weighted by molar-refractivity contribution is -0.112. The maximum atomic E-state index is 13.4. The molecule has 0 unspecified atom stereocenters. The van der Waals surface area contributed by atoms with Crippen LogP contribution in [0.25, 0.3) is 6.08 Å². The van der Waals surface area contributed by atoms with Crippen LogP contribution < -0.4 is 10.1 Å². The third-order valence-corrected chi connectivity index (χ3v) is 4.55. The quantitative estimate of drug-likeness (QED) is 0.398. The van der Waals surface area contributed by atoms with Gasteiger partial charge in [0.15, 0.2) is 0 Å². The molecule has 0 fully saturated rings. The van der Waals surface area contributed by atoms with Crippen molar-refractivity contribution < 1.29 is 13.9 Å². The van der Waals surface area contributed by atoms with E-state index in [1.54, 1.807) is 54.6 Å². The van der Waals surface area contributed by atoms with Crippen LogP contribution in [0.1, 0.15) is 16.7 Å². The van der Waals surface area contributed by atoms with E-state index in [0.717, 1.165) is 5.56 Å². The van der Waals surface area contributed by atoms with Gasteiger partial charge in [0.25, 0.3) is 5.91 Å². The van der Waals surface area contributed by atoms with Crippen molar-refractivity contribution in [3.8, 4) is 11.8 Å². The van der Waals surface area contributed by atoms with Crippen LogP contribution >= 0.6 is 11.6 Å². The van der Waals surface area contributed by atoms with Crippen LogP contribution in [0.4, 0.5) is 10.1 Å². The van der Waals surface area contributed by atoms with Gasteiger partial charge >= 0.3 is 0 Å². The van der Waals surface area contributed by atoms with E-state index in [2.05, 4.69) is 5.32 Å². The van der Waals surface area contributed by atoms with Crippen LogP contribution in [0.3, 0.4) is 0 Å². The average Bonchev–Trinajstić information content (AvgIpc) is 2.73. The number of hydrogen-bond donors (Lipinski definition) is 1. The van der Waals surface area contributed by atoms with Crippen molar-refractivity contribution in [3.63, 3.8) is 0 Å². The number of amides is 1. The average molecular weight is 421 g/mol. The van der Waals surface area contributed by atoms with Gasteiger partial charge in [0, 0.05) is 16.3 Å². The minimum Gasteiger partial charge on any atom is -0.488 e. The van der Waals surface area contributed by atoms with Crippen LogP contribution in [0, 0.1) is 24.1 Å². The lowest BCUT2D eigenvalue weighted by Crippen LogP contribution is -2.14. The van der Waals surface area contributed by atoms with E-state index in [9.17, 15) is 14.4 Å². The monoisotopic (exact) mass is 420 g/mol. The summed E-state index contributed by atoms with van der Waals surface area (Å²) in [7, 11) is 0. The number of halogens is 2. The van der Waals surface area contributed by atoms with Gasteiger partial charge in [-0.2, -0.15) is 5.26 Å². The highest BCUT2D eigenvalue weighted by Gasteiger charge is 2.13. The molecule has 1 N–H and O–H groups in total. The Labute approximate surface area is 179 Å². The van der Waals surface area contributed by atoms with Gasteiger partial charge < -0.3 is 10.1 Å². The highest BCUT2D eigenvalue weighted by Crippen LogP contribution is 2.24. The molecular formula is C24H18ClFN2O2. The number of benzene rings is 3. The fourth-order valence-electron chi connectivity index (χ4n) is 2.74. The Hall–Kier alpha value is -3.62. The summed E-state index contributed by atoms with van der Waals surface area (Å²) in [4.78, 5) is 12.6. The molecule has 0 aliphatic rings. The number of anilines is 1. The Kier molecular flexibility index (Phi) is 6.84. The van der Waals surface area contributed by atoms with Gasteiger partial charge in [-0.3, -0.25) is 4.79 Å². The Morgan fingerprint density at radius 2 is 1.97 bits per heavy atom. The number of nitriles is 1. The van der Waals surface area contributed by atoms with Gasteiger partial charge in [-0.25, -0.2) is 4.39 Å². The summed E-state index contributed by atoms with van der Waals surface area (Å²) in [6, 6.07) is 20.2. The summed E-state index contributed by atoms with van der Waals surface area (Å²) in [5, 5.41) is 12.7. The number of ether oxygens (including phenoxy) is 1. The second-order valence-corrected chi connectivity index (χ2v) is 6.98. The van der Waals surface area contributed by atoms with Crippen LogP contribution in [0.2, 0.25) is 5.02 Å². The van der Waals surface area contributed by atoms with E-state index in [1.807, 2.05) is 13.0 Å². The lowest BCUT2D eigenvalue weighted by Gasteiger charge is -2.11. The minimum atomic E-state index is -0.553. The van der Waals surface area contributed by atoms with Crippen LogP contribution in [-0.2, 0) is 11.4 Å². The van der Waals surface area contributed by atoms with Gasteiger partial charge in [0.2, 0.25) is 0 Å². The second kappa shape index (κ2) is 9.73. The van der Waals surface area contributed by atoms with Gasteiger partial charge in [0.1, 0.15) is 29.8 Å². The Morgan fingerprint density at radius 1 is 1.17 bits per heavy atom. The molecule has 1 amide bonds. The third-order valence-electron chi connectivity index (χ3n) is 4.32. The molecule has 0 radical (unpaired) electrons. The number of rotatable bonds is 6. The molecule has 0 heterocycles. The number of carbonyl (C=O) groups excluding carboxylic acids is 1. The fourth-order valence-corrected chi connectivity index (χ4v) is 2.91. The molecule has 3 aromatic carbocycles. The van der Waals surface area contributed by atoms with E-state index in [0.29, 0.717) is 27.6 Å². The number of aryl methyl sites for hydroxylation is 1. The molecule has 0 aromatic heterocycles. The molecule has 6 heteroatoms. The van der Waals surface area contributed by atoms with E-state index in [4.69, 9.17) is 16.3 Å². The summed E-state index contributed by atoms with van der Waals surface area (Å²) in [6.07, 6.45) is 1.45. The molecule has 30 heavy (non-hydrogen) atoms. The molecule has 0 saturated carbocycles. The maximum absolute atomic E-state index is 13.4. The highest BCUT2D eigenvalue weighted by molar-refractivity contribution is 6.31. The summed E-state index contributed by atoms with van der Waals surface area (Å²) in [5.41, 5.74) is 2.50. The number of para-hydroxylation sites is 1. The van der Waals surface area contributed by atoms with Crippen molar-refractivity contribution in [2.75, 3.05) is 5.32 Å².